The smallest absolute Gasteiger partial charge is 0.230 e. The molecule has 0 amide bonds. The van der Waals surface area contributed by atoms with Crippen LogP contribution in [0.2, 0.25) is 10.0 Å². The molecule has 10 heavy (non-hydrogen) atoms. The molecular formula is C7H7Cl2O+. The quantitative estimate of drug-likeness (QED) is 0.639. The molecule has 0 fully saturated rings. The summed E-state index contributed by atoms with van der Waals surface area (Å²) in [6, 6.07) is 5.18. The molecular weight excluding hydrogens is 171 g/mol. The Bertz CT molecular complexity index is 215. The lowest BCUT2D eigenvalue weighted by Gasteiger charge is -1.96. The van der Waals surface area contributed by atoms with Crippen molar-refractivity contribution in [1.82, 2.24) is 0 Å². The highest BCUT2D eigenvalue weighted by Crippen LogP contribution is 2.20. The number of methoxy groups -OCH3 is 1. The van der Waals surface area contributed by atoms with E-state index in [4.69, 9.17) is 27.9 Å². The summed E-state index contributed by atoms with van der Waals surface area (Å²) in [6.45, 7) is 0. The Morgan fingerprint density at radius 2 is 2.10 bits per heavy atom. The molecule has 0 N–H and O–H groups in total. The molecule has 54 valence electrons. The van der Waals surface area contributed by atoms with Gasteiger partial charge in [-0.25, -0.2) is 0 Å². The minimum absolute atomic E-state index is 0.615. The zero-order valence-corrected chi connectivity index (χ0v) is 7.00. The molecule has 1 rings (SSSR count). The molecule has 0 bridgehead atoms. The van der Waals surface area contributed by atoms with Crippen LogP contribution < -0.4 is 4.74 Å². The predicted octanol–water partition coefficient (Wildman–Crippen LogP) is 2.04. The number of hydrogen-bond donors (Lipinski definition) is 0. The summed E-state index contributed by atoms with van der Waals surface area (Å²) in [5.74, 6) is 0.706. The standard InChI is InChI=1S/C7H7Cl2O/c1-10-7-3-5(8)2-6(9)4-7/h2-4,8H,1H3/q+1. The van der Waals surface area contributed by atoms with Crippen molar-refractivity contribution in [3.63, 3.8) is 0 Å². The van der Waals surface area contributed by atoms with E-state index in [-0.39, 0.29) is 0 Å². The van der Waals surface area contributed by atoms with E-state index in [9.17, 15) is 0 Å². The van der Waals surface area contributed by atoms with Crippen molar-refractivity contribution in [3.8, 4) is 5.75 Å². The molecule has 1 aromatic rings. The Morgan fingerprint density at radius 3 is 2.60 bits per heavy atom. The van der Waals surface area contributed by atoms with Gasteiger partial charge < -0.3 is 4.74 Å². The van der Waals surface area contributed by atoms with Crippen LogP contribution >= 0.6 is 11.6 Å². The van der Waals surface area contributed by atoms with E-state index in [0.717, 1.165) is 0 Å². The van der Waals surface area contributed by atoms with Gasteiger partial charge in [-0.2, -0.15) is 0 Å². The Hall–Kier alpha value is -0.400. The first-order valence-electron chi connectivity index (χ1n) is 2.74. The average molecular weight is 178 g/mol. The summed E-state index contributed by atoms with van der Waals surface area (Å²) in [5.41, 5.74) is 0. The van der Waals surface area contributed by atoms with Crippen molar-refractivity contribution < 1.29 is 16.3 Å². The van der Waals surface area contributed by atoms with Crippen LogP contribution in [0.5, 0.6) is 5.75 Å². The van der Waals surface area contributed by atoms with E-state index in [2.05, 4.69) is 0 Å². The third-order valence-corrected chi connectivity index (χ3v) is 1.53. The van der Waals surface area contributed by atoms with E-state index < -0.39 is 0 Å². The summed E-state index contributed by atoms with van der Waals surface area (Å²) < 4.78 is 4.92. The molecule has 0 saturated heterocycles. The SMILES string of the molecule is COc1cc(Cl)cc([ClH+])c1. The molecule has 1 aromatic carbocycles. The van der Waals surface area contributed by atoms with Crippen molar-refractivity contribution in [3.05, 3.63) is 28.2 Å². The number of benzene rings is 1. The number of halogens is 2. The van der Waals surface area contributed by atoms with Crippen LogP contribution in [0.1, 0.15) is 0 Å². The Labute approximate surface area is 69.5 Å². The van der Waals surface area contributed by atoms with Gasteiger partial charge in [0.25, 0.3) is 0 Å². The summed E-state index contributed by atoms with van der Waals surface area (Å²) >= 11 is 10.6. The van der Waals surface area contributed by atoms with Gasteiger partial charge in [0, 0.05) is 17.2 Å². The highest BCUT2D eigenvalue weighted by Gasteiger charge is 2.01. The lowest BCUT2D eigenvalue weighted by Crippen LogP contribution is -1.82. The molecule has 0 heterocycles. The predicted molar refractivity (Wildman–Crippen MR) is 38.6 cm³/mol. The van der Waals surface area contributed by atoms with Gasteiger partial charge in [0.1, 0.15) is 5.75 Å². The third-order valence-electron chi connectivity index (χ3n) is 1.08. The topological polar surface area (TPSA) is 9.23 Å². The molecule has 1 nitrogen and oxygen atoms in total. The third kappa shape index (κ3) is 1.79. The van der Waals surface area contributed by atoms with Crippen molar-refractivity contribution in [2.75, 3.05) is 7.11 Å². The molecule has 0 spiro atoms. The molecule has 0 saturated carbocycles. The van der Waals surface area contributed by atoms with Crippen molar-refractivity contribution in [2.24, 2.45) is 0 Å². The molecule has 0 radical (unpaired) electrons. The van der Waals surface area contributed by atoms with Gasteiger partial charge in [0.2, 0.25) is 5.02 Å². The Morgan fingerprint density at radius 1 is 1.40 bits per heavy atom. The van der Waals surface area contributed by atoms with E-state index in [1.165, 1.54) is 0 Å². The fraction of sp³-hybridized carbons (Fsp3) is 0.143. The zero-order valence-electron chi connectivity index (χ0n) is 5.43. The van der Waals surface area contributed by atoms with Gasteiger partial charge in [-0.05, 0) is 6.07 Å². The number of rotatable bonds is 1. The van der Waals surface area contributed by atoms with Gasteiger partial charge in [0.15, 0.2) is 11.6 Å². The normalized spacial score (nSPS) is 9.50. The van der Waals surface area contributed by atoms with Crippen LogP contribution in [0, 0.1) is 11.6 Å². The van der Waals surface area contributed by atoms with Crippen molar-refractivity contribution in [1.29, 1.82) is 0 Å². The highest BCUT2D eigenvalue weighted by molar-refractivity contribution is 6.30. The van der Waals surface area contributed by atoms with Crippen molar-refractivity contribution >= 4 is 11.6 Å². The van der Waals surface area contributed by atoms with E-state index in [0.29, 0.717) is 15.8 Å². The van der Waals surface area contributed by atoms with Gasteiger partial charge >= 0.3 is 0 Å². The van der Waals surface area contributed by atoms with Crippen LogP contribution in [0.4, 0.5) is 0 Å². The molecule has 0 aromatic heterocycles. The molecule has 0 aliphatic carbocycles. The largest absolute Gasteiger partial charge is 0.496 e. The van der Waals surface area contributed by atoms with E-state index in [1.807, 2.05) is 0 Å². The minimum atomic E-state index is 0.615. The monoisotopic (exact) mass is 177 g/mol. The molecule has 0 atom stereocenters. The van der Waals surface area contributed by atoms with Crippen LogP contribution in [0.25, 0.3) is 0 Å². The minimum Gasteiger partial charge on any atom is -0.496 e. The van der Waals surface area contributed by atoms with Crippen LogP contribution in [-0.2, 0) is 0 Å². The highest BCUT2D eigenvalue weighted by atomic mass is 35.5. The lowest BCUT2D eigenvalue weighted by molar-refractivity contribution is -0.289. The summed E-state index contributed by atoms with van der Waals surface area (Å²) in [5, 5.41) is 1.31. The van der Waals surface area contributed by atoms with Crippen LogP contribution in [-0.4, -0.2) is 7.11 Å². The Kier molecular flexibility index (Phi) is 2.41. The first-order valence-corrected chi connectivity index (χ1v) is 3.52. The summed E-state index contributed by atoms with van der Waals surface area (Å²) in [6.07, 6.45) is 0. The maximum absolute atomic E-state index is 5.68. The molecule has 0 aliphatic rings. The Balaban J connectivity index is 3.06. The molecule has 3 heteroatoms. The van der Waals surface area contributed by atoms with Crippen LogP contribution in [0.3, 0.4) is 0 Å². The van der Waals surface area contributed by atoms with Crippen LogP contribution in [0.15, 0.2) is 18.2 Å². The van der Waals surface area contributed by atoms with E-state index >= 15 is 0 Å². The second-order valence-electron chi connectivity index (χ2n) is 1.83. The average Bonchev–Trinajstić information content (AvgIpc) is 1.85. The number of ether oxygens (including phenoxy) is 1. The first-order chi connectivity index (χ1) is 4.72. The fourth-order valence-electron chi connectivity index (χ4n) is 0.655. The fourth-order valence-corrected chi connectivity index (χ4v) is 1.19. The summed E-state index contributed by atoms with van der Waals surface area (Å²) in [7, 11) is 1.58. The summed E-state index contributed by atoms with van der Waals surface area (Å²) in [4.78, 5) is 0. The van der Waals surface area contributed by atoms with E-state index in [1.54, 1.807) is 25.3 Å². The van der Waals surface area contributed by atoms with Gasteiger partial charge in [-0.1, -0.05) is 11.6 Å². The van der Waals surface area contributed by atoms with Gasteiger partial charge in [0.05, 0.1) is 7.11 Å². The second kappa shape index (κ2) is 3.13. The van der Waals surface area contributed by atoms with Crippen molar-refractivity contribution in [2.45, 2.75) is 0 Å². The first kappa shape index (κ1) is 7.70. The molecule has 0 aliphatic heterocycles. The lowest BCUT2D eigenvalue weighted by atomic mass is 10.3. The maximum atomic E-state index is 5.68. The van der Waals surface area contributed by atoms with Gasteiger partial charge in [-0.3, -0.25) is 0 Å². The number of hydrogen-bond acceptors (Lipinski definition) is 1. The molecule has 0 unspecified atom stereocenters. The van der Waals surface area contributed by atoms with Gasteiger partial charge in [-0.15, -0.1) is 0 Å². The zero-order chi connectivity index (χ0) is 7.56. The maximum Gasteiger partial charge on any atom is 0.230 e. The second-order valence-corrected chi connectivity index (χ2v) is 2.73.